The zero-order valence-corrected chi connectivity index (χ0v) is 12.9. The van der Waals surface area contributed by atoms with Crippen molar-refractivity contribution in [3.05, 3.63) is 24.3 Å². The quantitative estimate of drug-likeness (QED) is 0.707. The van der Waals surface area contributed by atoms with Gasteiger partial charge in [0.05, 0.1) is 0 Å². The van der Waals surface area contributed by atoms with Gasteiger partial charge in [-0.05, 0) is 79.6 Å². The molecule has 0 amide bonds. The van der Waals surface area contributed by atoms with Crippen molar-refractivity contribution in [3.8, 4) is 0 Å². The van der Waals surface area contributed by atoms with Crippen LogP contribution in [0.3, 0.4) is 0 Å². The third kappa shape index (κ3) is 1.59. The predicted octanol–water partition coefficient (Wildman–Crippen LogP) is 4.30. The van der Waals surface area contributed by atoms with Crippen molar-refractivity contribution in [1.82, 2.24) is 0 Å². The van der Waals surface area contributed by atoms with Crippen LogP contribution in [0.15, 0.2) is 24.3 Å². The van der Waals surface area contributed by atoms with Crippen molar-refractivity contribution >= 4 is 0 Å². The van der Waals surface area contributed by atoms with E-state index in [2.05, 4.69) is 31.2 Å². The molecule has 110 valence electrons. The highest BCUT2D eigenvalue weighted by atomic mass is 14.7. The fraction of sp³-hybridized carbons (Fsp3) is 0.789. The lowest BCUT2D eigenvalue weighted by molar-refractivity contribution is -0.0141. The normalized spacial score (nSPS) is 53.3. The second kappa shape index (κ2) is 4.47. The van der Waals surface area contributed by atoms with Gasteiger partial charge >= 0.3 is 0 Å². The Kier molecular flexibility index (Phi) is 2.93. The summed E-state index contributed by atoms with van der Waals surface area (Å²) in [6, 6.07) is 0. The summed E-state index contributed by atoms with van der Waals surface area (Å²) in [6.07, 6.45) is 19.9. The van der Waals surface area contributed by atoms with Gasteiger partial charge in [-0.1, -0.05) is 37.6 Å². The summed E-state index contributed by atoms with van der Waals surface area (Å²) in [5.74, 6) is 3.34. The van der Waals surface area contributed by atoms with Crippen LogP contribution >= 0.6 is 0 Å². The lowest BCUT2D eigenvalue weighted by Gasteiger charge is -2.56. The molecular weight excluding hydrogens is 242 g/mol. The highest BCUT2D eigenvalue weighted by Crippen LogP contribution is 2.63. The van der Waals surface area contributed by atoms with E-state index in [9.17, 15) is 0 Å². The molecule has 0 aromatic rings. The van der Waals surface area contributed by atoms with Gasteiger partial charge in [0.15, 0.2) is 0 Å². The van der Waals surface area contributed by atoms with Crippen molar-refractivity contribution in [3.63, 3.8) is 0 Å². The molecule has 4 aliphatic carbocycles. The van der Waals surface area contributed by atoms with E-state index < -0.39 is 0 Å². The highest BCUT2D eigenvalue weighted by molar-refractivity contribution is 5.22. The van der Waals surface area contributed by atoms with Crippen LogP contribution in [0.25, 0.3) is 0 Å². The molecule has 0 radical (unpaired) electrons. The van der Waals surface area contributed by atoms with Gasteiger partial charge in [-0.3, -0.25) is 0 Å². The molecule has 1 nitrogen and oxygen atoms in total. The summed E-state index contributed by atoms with van der Waals surface area (Å²) in [5, 5.41) is 0. The fourth-order valence-corrected chi connectivity index (χ4v) is 6.35. The third-order valence-corrected chi connectivity index (χ3v) is 7.55. The van der Waals surface area contributed by atoms with E-state index in [1.54, 1.807) is 0 Å². The maximum absolute atomic E-state index is 6.23. The molecule has 0 aliphatic heterocycles. The van der Waals surface area contributed by atoms with E-state index in [1.165, 1.54) is 44.9 Å². The second-order valence-corrected chi connectivity index (χ2v) is 8.12. The first-order valence-corrected chi connectivity index (χ1v) is 8.76. The molecular formula is C19H29N. The van der Waals surface area contributed by atoms with Crippen molar-refractivity contribution in [2.75, 3.05) is 6.54 Å². The van der Waals surface area contributed by atoms with Crippen molar-refractivity contribution in [1.29, 1.82) is 0 Å². The Bertz CT molecular complexity index is 451. The molecule has 4 aliphatic rings. The van der Waals surface area contributed by atoms with Crippen LogP contribution in [0.4, 0.5) is 0 Å². The van der Waals surface area contributed by atoms with E-state index >= 15 is 0 Å². The van der Waals surface area contributed by atoms with Crippen LogP contribution in [0.5, 0.6) is 0 Å². The predicted molar refractivity (Wildman–Crippen MR) is 84.2 cm³/mol. The maximum Gasteiger partial charge on any atom is -0.00177 e. The van der Waals surface area contributed by atoms with Gasteiger partial charge in [0.2, 0.25) is 0 Å². The van der Waals surface area contributed by atoms with Crippen LogP contribution in [0.1, 0.15) is 51.9 Å². The van der Waals surface area contributed by atoms with E-state index in [0.717, 1.165) is 30.2 Å². The average molecular weight is 271 g/mol. The summed E-state index contributed by atoms with van der Waals surface area (Å²) in [5.41, 5.74) is 7.15. The molecule has 2 saturated carbocycles. The molecule has 4 rings (SSSR count). The molecule has 20 heavy (non-hydrogen) atoms. The Morgan fingerprint density at radius 3 is 2.85 bits per heavy atom. The Hall–Kier alpha value is -0.560. The standard InChI is InChI=1S/C19H29N/c1-18-10-3-2-5-14(18)7-8-15-16(18)9-12-19(13-20)11-4-6-17(15)19/h3,7-8,10,14-17H,2,4-6,9,11-13,20H2,1H3/t14?,15-,16+,17+,18+,19+/m1/s1. The largest absolute Gasteiger partial charge is 0.330 e. The number of allylic oxidation sites excluding steroid dienone is 4. The van der Waals surface area contributed by atoms with Gasteiger partial charge in [0, 0.05) is 0 Å². The SMILES string of the molecule is C[C@]12C=CCCC1C=C[C@H]1[C@@H]3CCC[C@@]3(CN)CC[C@@H]12. The van der Waals surface area contributed by atoms with Gasteiger partial charge in [-0.15, -0.1) is 0 Å². The number of fused-ring (bicyclic) bond motifs is 5. The first kappa shape index (κ1) is 13.1. The lowest BCUT2D eigenvalue weighted by Crippen LogP contribution is -2.51. The van der Waals surface area contributed by atoms with Crippen LogP contribution in [0, 0.1) is 34.5 Å². The minimum atomic E-state index is 0.432. The fourth-order valence-electron chi connectivity index (χ4n) is 6.35. The zero-order chi connectivity index (χ0) is 13.8. The minimum Gasteiger partial charge on any atom is -0.330 e. The van der Waals surface area contributed by atoms with Crippen LogP contribution in [0.2, 0.25) is 0 Å². The van der Waals surface area contributed by atoms with Crippen molar-refractivity contribution < 1.29 is 0 Å². The molecule has 0 saturated heterocycles. The van der Waals surface area contributed by atoms with Crippen LogP contribution < -0.4 is 5.73 Å². The highest BCUT2D eigenvalue weighted by Gasteiger charge is 2.56. The summed E-state index contributed by atoms with van der Waals surface area (Å²) < 4.78 is 0. The Morgan fingerprint density at radius 1 is 1.10 bits per heavy atom. The lowest BCUT2D eigenvalue weighted by atomic mass is 9.48. The van der Waals surface area contributed by atoms with Gasteiger partial charge < -0.3 is 5.73 Å². The molecule has 1 heteroatoms. The number of rotatable bonds is 1. The maximum atomic E-state index is 6.23. The molecule has 0 spiro atoms. The summed E-state index contributed by atoms with van der Waals surface area (Å²) in [4.78, 5) is 0. The zero-order valence-electron chi connectivity index (χ0n) is 12.9. The van der Waals surface area contributed by atoms with Gasteiger partial charge in [0.1, 0.15) is 0 Å². The molecule has 1 unspecified atom stereocenters. The van der Waals surface area contributed by atoms with E-state index in [1.807, 2.05) is 0 Å². The Morgan fingerprint density at radius 2 is 2.00 bits per heavy atom. The monoisotopic (exact) mass is 271 g/mol. The molecule has 6 atom stereocenters. The van der Waals surface area contributed by atoms with Crippen molar-refractivity contribution in [2.45, 2.75) is 51.9 Å². The molecule has 2 fully saturated rings. The molecule has 0 aromatic heterocycles. The summed E-state index contributed by atoms with van der Waals surface area (Å²) in [6.45, 7) is 3.46. The summed E-state index contributed by atoms with van der Waals surface area (Å²) >= 11 is 0. The second-order valence-electron chi connectivity index (χ2n) is 8.12. The third-order valence-electron chi connectivity index (χ3n) is 7.55. The van der Waals surface area contributed by atoms with E-state index in [4.69, 9.17) is 5.73 Å². The van der Waals surface area contributed by atoms with E-state index in [-0.39, 0.29) is 0 Å². The molecule has 2 N–H and O–H groups in total. The van der Waals surface area contributed by atoms with Crippen LogP contribution in [-0.4, -0.2) is 6.54 Å². The first-order valence-electron chi connectivity index (χ1n) is 8.76. The molecule has 0 aromatic carbocycles. The first-order chi connectivity index (χ1) is 9.70. The number of hydrogen-bond donors (Lipinski definition) is 1. The van der Waals surface area contributed by atoms with Gasteiger partial charge in [-0.25, -0.2) is 0 Å². The molecule has 0 bridgehead atoms. The smallest absolute Gasteiger partial charge is 0.00177 e. The number of hydrogen-bond acceptors (Lipinski definition) is 1. The van der Waals surface area contributed by atoms with Crippen molar-refractivity contribution in [2.24, 2.45) is 40.2 Å². The van der Waals surface area contributed by atoms with E-state index in [0.29, 0.717) is 10.8 Å². The average Bonchev–Trinajstić information content (AvgIpc) is 2.91. The van der Waals surface area contributed by atoms with Gasteiger partial charge in [0.25, 0.3) is 0 Å². The molecule has 0 heterocycles. The topological polar surface area (TPSA) is 26.0 Å². The summed E-state index contributed by atoms with van der Waals surface area (Å²) in [7, 11) is 0. The van der Waals surface area contributed by atoms with Crippen LogP contribution in [-0.2, 0) is 0 Å². The Labute approximate surface area is 123 Å². The minimum absolute atomic E-state index is 0.432. The van der Waals surface area contributed by atoms with Gasteiger partial charge in [-0.2, -0.15) is 0 Å². The number of nitrogens with two attached hydrogens (primary N) is 1. The Balaban J connectivity index is 1.72.